The summed E-state index contributed by atoms with van der Waals surface area (Å²) >= 11 is 0. The van der Waals surface area contributed by atoms with E-state index in [9.17, 15) is 33.9 Å². The number of unbranched alkanes of at least 4 members (excludes halogenated alkanes) is 4. The van der Waals surface area contributed by atoms with Crippen molar-refractivity contribution in [2.75, 3.05) is 0 Å². The van der Waals surface area contributed by atoms with Crippen LogP contribution in [0.2, 0.25) is 0 Å². The summed E-state index contributed by atoms with van der Waals surface area (Å²) in [5, 5.41) is 16.6. The Morgan fingerprint density at radius 3 is 1.83 bits per heavy atom. The quantitative estimate of drug-likeness (QED) is 0.134. The van der Waals surface area contributed by atoms with Gasteiger partial charge in [0.15, 0.2) is 0 Å². The highest BCUT2D eigenvalue weighted by Gasteiger charge is 2.30. The van der Waals surface area contributed by atoms with Crippen LogP contribution in [0.25, 0.3) is 0 Å². The van der Waals surface area contributed by atoms with Crippen LogP contribution in [0.15, 0.2) is 0 Å². The van der Waals surface area contributed by atoms with E-state index < -0.39 is 60.1 Å². The van der Waals surface area contributed by atoms with Crippen molar-refractivity contribution in [3.63, 3.8) is 0 Å². The van der Waals surface area contributed by atoms with Crippen molar-refractivity contribution < 1.29 is 33.9 Å². The van der Waals surface area contributed by atoms with Gasteiger partial charge in [-0.3, -0.25) is 24.0 Å². The van der Waals surface area contributed by atoms with Crippen molar-refractivity contribution in [3.8, 4) is 0 Å². The Hall–Kier alpha value is -3.18. The Bertz CT molecular complexity index is 742. The SMILES string of the molecule is CCCCCCCC(=O)N[C@@H](CC(N)=O)C(=O)N[C@@H](CCC(N)=O)C(=O)N[C@@H](CC(C)C)C(=O)O. The minimum atomic E-state index is -1.33. The highest BCUT2D eigenvalue weighted by Crippen LogP contribution is 2.08. The highest BCUT2D eigenvalue weighted by molar-refractivity contribution is 5.95. The topological polar surface area (TPSA) is 211 Å². The predicted octanol–water partition coefficient (Wildman–Crippen LogP) is 0.0729. The molecule has 35 heavy (non-hydrogen) atoms. The summed E-state index contributed by atoms with van der Waals surface area (Å²) in [7, 11) is 0. The molecular formula is C23H41N5O7. The van der Waals surface area contributed by atoms with Crippen LogP contribution in [0.3, 0.4) is 0 Å². The summed E-state index contributed by atoms with van der Waals surface area (Å²) in [5.74, 6) is -4.97. The van der Waals surface area contributed by atoms with Crippen molar-refractivity contribution in [3.05, 3.63) is 0 Å². The fourth-order valence-electron chi connectivity index (χ4n) is 3.36. The van der Waals surface area contributed by atoms with Crippen molar-refractivity contribution >= 4 is 35.5 Å². The summed E-state index contributed by atoms with van der Waals surface area (Å²) < 4.78 is 0. The molecule has 0 aliphatic heterocycles. The molecule has 0 aliphatic rings. The molecule has 0 aromatic heterocycles. The third kappa shape index (κ3) is 15.4. The zero-order valence-electron chi connectivity index (χ0n) is 20.9. The minimum Gasteiger partial charge on any atom is -0.480 e. The highest BCUT2D eigenvalue weighted by atomic mass is 16.4. The van der Waals surface area contributed by atoms with Crippen LogP contribution in [-0.4, -0.2) is 58.7 Å². The summed E-state index contributed by atoms with van der Waals surface area (Å²) in [5.41, 5.74) is 10.4. The molecule has 0 rings (SSSR count). The molecule has 200 valence electrons. The standard InChI is InChI=1S/C23H41N5O7/c1-4-5-6-7-8-9-20(31)26-16(13-19(25)30)22(33)27-15(10-11-18(24)29)21(32)28-17(23(34)35)12-14(2)3/h14-17H,4-13H2,1-3H3,(H2,24,29)(H2,25,30)(H,26,31)(H,27,33)(H,28,32)(H,34,35)/t15-,16-,17-/m0/s1. The molecule has 0 aromatic carbocycles. The molecule has 12 nitrogen and oxygen atoms in total. The number of rotatable bonds is 19. The van der Waals surface area contributed by atoms with Gasteiger partial charge in [-0.1, -0.05) is 46.5 Å². The van der Waals surface area contributed by atoms with Crippen LogP contribution in [-0.2, 0) is 28.8 Å². The van der Waals surface area contributed by atoms with E-state index in [1.165, 1.54) is 0 Å². The Balaban J connectivity index is 5.34. The molecule has 0 unspecified atom stereocenters. The summed E-state index contributed by atoms with van der Waals surface area (Å²) in [6, 6.07) is -3.85. The van der Waals surface area contributed by atoms with E-state index in [2.05, 4.69) is 22.9 Å². The summed E-state index contributed by atoms with van der Waals surface area (Å²) in [4.78, 5) is 72.1. The molecule has 0 aromatic rings. The van der Waals surface area contributed by atoms with Crippen LogP contribution in [0.5, 0.6) is 0 Å². The Morgan fingerprint density at radius 2 is 1.31 bits per heavy atom. The number of carbonyl (C=O) groups excluding carboxylic acids is 5. The molecule has 12 heteroatoms. The Morgan fingerprint density at radius 1 is 0.743 bits per heavy atom. The van der Waals surface area contributed by atoms with Crippen molar-refractivity contribution in [2.45, 2.75) is 103 Å². The van der Waals surface area contributed by atoms with Gasteiger partial charge in [-0.05, 0) is 25.2 Å². The number of carboxylic acid groups (broad SMARTS) is 1. The normalized spacial score (nSPS) is 13.4. The van der Waals surface area contributed by atoms with Gasteiger partial charge in [0.1, 0.15) is 18.1 Å². The first-order chi connectivity index (χ1) is 16.4. The molecular weight excluding hydrogens is 458 g/mol. The molecule has 0 fully saturated rings. The smallest absolute Gasteiger partial charge is 0.326 e. The minimum absolute atomic E-state index is 0.0350. The average molecular weight is 500 g/mol. The van der Waals surface area contributed by atoms with E-state index in [1.54, 1.807) is 13.8 Å². The third-order valence-corrected chi connectivity index (χ3v) is 5.20. The zero-order valence-corrected chi connectivity index (χ0v) is 20.9. The van der Waals surface area contributed by atoms with Gasteiger partial charge in [-0.2, -0.15) is 0 Å². The molecule has 0 bridgehead atoms. The number of carbonyl (C=O) groups is 6. The lowest BCUT2D eigenvalue weighted by Gasteiger charge is -2.24. The van der Waals surface area contributed by atoms with Gasteiger partial charge in [-0.25, -0.2) is 4.79 Å². The summed E-state index contributed by atoms with van der Waals surface area (Å²) in [6.07, 6.45) is 3.93. The van der Waals surface area contributed by atoms with E-state index >= 15 is 0 Å². The monoisotopic (exact) mass is 499 g/mol. The van der Waals surface area contributed by atoms with Crippen molar-refractivity contribution in [2.24, 2.45) is 17.4 Å². The zero-order chi connectivity index (χ0) is 27.0. The van der Waals surface area contributed by atoms with E-state index in [-0.39, 0.29) is 31.6 Å². The van der Waals surface area contributed by atoms with E-state index in [1.807, 2.05) is 0 Å². The van der Waals surface area contributed by atoms with Crippen molar-refractivity contribution in [1.29, 1.82) is 0 Å². The first kappa shape index (κ1) is 31.8. The van der Waals surface area contributed by atoms with Gasteiger partial charge in [0, 0.05) is 12.8 Å². The number of hydrogen-bond donors (Lipinski definition) is 6. The number of primary amides is 2. The van der Waals surface area contributed by atoms with Gasteiger partial charge >= 0.3 is 5.97 Å². The Kier molecular flexibility index (Phi) is 15.7. The van der Waals surface area contributed by atoms with Gasteiger partial charge in [-0.15, -0.1) is 0 Å². The first-order valence-electron chi connectivity index (χ1n) is 12.1. The second-order valence-electron chi connectivity index (χ2n) is 9.05. The summed E-state index contributed by atoms with van der Waals surface area (Å²) in [6.45, 7) is 5.65. The molecule has 0 saturated carbocycles. The van der Waals surface area contributed by atoms with Gasteiger partial charge in [0.2, 0.25) is 29.5 Å². The molecule has 8 N–H and O–H groups in total. The van der Waals surface area contributed by atoms with Gasteiger partial charge in [0.25, 0.3) is 0 Å². The maximum Gasteiger partial charge on any atom is 0.326 e. The van der Waals surface area contributed by atoms with Crippen LogP contribution >= 0.6 is 0 Å². The maximum atomic E-state index is 12.8. The third-order valence-electron chi connectivity index (χ3n) is 5.20. The number of hydrogen-bond acceptors (Lipinski definition) is 6. The second kappa shape index (κ2) is 17.3. The number of aliphatic carboxylic acids is 1. The largest absolute Gasteiger partial charge is 0.480 e. The lowest BCUT2D eigenvalue weighted by molar-refractivity contribution is -0.143. The molecule has 5 amide bonds. The number of nitrogens with one attached hydrogen (secondary N) is 3. The fraction of sp³-hybridized carbons (Fsp3) is 0.739. The number of nitrogens with two attached hydrogens (primary N) is 2. The predicted molar refractivity (Wildman–Crippen MR) is 128 cm³/mol. The lowest BCUT2D eigenvalue weighted by atomic mass is 10.0. The van der Waals surface area contributed by atoms with Crippen LogP contribution < -0.4 is 27.4 Å². The number of carboxylic acids is 1. The van der Waals surface area contributed by atoms with Crippen molar-refractivity contribution in [1.82, 2.24) is 16.0 Å². The van der Waals surface area contributed by atoms with E-state index in [0.717, 1.165) is 25.7 Å². The van der Waals surface area contributed by atoms with E-state index in [0.29, 0.717) is 6.42 Å². The molecule has 3 atom stereocenters. The van der Waals surface area contributed by atoms with E-state index in [4.69, 9.17) is 11.5 Å². The molecule has 0 heterocycles. The van der Waals surface area contributed by atoms with Gasteiger partial charge in [0.05, 0.1) is 6.42 Å². The number of amides is 5. The molecule has 0 saturated heterocycles. The molecule has 0 aliphatic carbocycles. The second-order valence-corrected chi connectivity index (χ2v) is 9.05. The Labute approximate surface area is 206 Å². The maximum absolute atomic E-state index is 12.8. The lowest BCUT2D eigenvalue weighted by Crippen LogP contribution is -2.56. The van der Waals surface area contributed by atoms with Crippen LogP contribution in [0.4, 0.5) is 0 Å². The van der Waals surface area contributed by atoms with Crippen LogP contribution in [0.1, 0.15) is 85.0 Å². The fourth-order valence-corrected chi connectivity index (χ4v) is 3.36. The first-order valence-corrected chi connectivity index (χ1v) is 12.1. The average Bonchev–Trinajstić information content (AvgIpc) is 2.74. The van der Waals surface area contributed by atoms with Crippen LogP contribution in [0, 0.1) is 5.92 Å². The van der Waals surface area contributed by atoms with Gasteiger partial charge < -0.3 is 32.5 Å². The molecule has 0 radical (unpaired) electrons. The molecule has 0 spiro atoms.